The summed E-state index contributed by atoms with van der Waals surface area (Å²) in [7, 11) is 1.67. The Morgan fingerprint density at radius 2 is 1.76 bits per heavy atom. The first-order valence-corrected chi connectivity index (χ1v) is 10.6. The number of H-pyrrole nitrogens is 2. The fraction of sp³-hybridized carbons (Fsp3) is 0.0769. The van der Waals surface area contributed by atoms with Gasteiger partial charge in [-0.25, -0.2) is 9.97 Å². The molecule has 0 unspecified atom stereocenters. The Bertz CT molecular complexity index is 1630. The van der Waals surface area contributed by atoms with Gasteiger partial charge in [-0.3, -0.25) is 10.1 Å². The molecule has 0 aliphatic heterocycles. The van der Waals surface area contributed by atoms with E-state index in [-0.39, 0.29) is 0 Å². The third-order valence-corrected chi connectivity index (χ3v) is 5.84. The van der Waals surface area contributed by atoms with Crippen LogP contribution in [-0.4, -0.2) is 37.2 Å². The van der Waals surface area contributed by atoms with Crippen LogP contribution >= 0.6 is 0 Å². The van der Waals surface area contributed by atoms with E-state index in [2.05, 4.69) is 39.2 Å². The topological polar surface area (TPSA) is 92.4 Å². The SMILES string of the molecule is COc1cccc(-c2cccc3[nH]c(-c4n[nH]c5ccc(-c6cnccc6C)nc45)nc23)c1. The van der Waals surface area contributed by atoms with Gasteiger partial charge in [0.25, 0.3) is 0 Å². The lowest BCUT2D eigenvalue weighted by atomic mass is 10.0. The molecule has 0 fully saturated rings. The highest BCUT2D eigenvalue weighted by molar-refractivity contribution is 5.96. The summed E-state index contributed by atoms with van der Waals surface area (Å²) in [6, 6.07) is 20.0. The smallest absolute Gasteiger partial charge is 0.161 e. The van der Waals surface area contributed by atoms with Crippen molar-refractivity contribution >= 4 is 22.1 Å². The summed E-state index contributed by atoms with van der Waals surface area (Å²) in [6.45, 7) is 2.05. The van der Waals surface area contributed by atoms with Gasteiger partial charge in [0, 0.05) is 23.5 Å². The Labute approximate surface area is 189 Å². The third kappa shape index (κ3) is 3.22. The summed E-state index contributed by atoms with van der Waals surface area (Å²) in [6.07, 6.45) is 3.62. The van der Waals surface area contributed by atoms with Gasteiger partial charge in [-0.15, -0.1) is 0 Å². The number of methoxy groups -OCH3 is 1. The number of nitrogens with zero attached hydrogens (tertiary/aromatic N) is 4. The predicted molar refractivity (Wildman–Crippen MR) is 129 cm³/mol. The Morgan fingerprint density at radius 3 is 2.64 bits per heavy atom. The number of fused-ring (bicyclic) bond motifs is 2. The van der Waals surface area contributed by atoms with Gasteiger partial charge in [-0.2, -0.15) is 5.10 Å². The molecule has 2 N–H and O–H groups in total. The lowest BCUT2D eigenvalue weighted by Gasteiger charge is -2.05. The fourth-order valence-electron chi connectivity index (χ4n) is 4.11. The number of pyridine rings is 2. The van der Waals surface area contributed by atoms with Gasteiger partial charge in [-0.05, 0) is 54.4 Å². The van der Waals surface area contributed by atoms with Crippen LogP contribution in [0.25, 0.3) is 56.0 Å². The zero-order valence-electron chi connectivity index (χ0n) is 18.1. The molecular weight excluding hydrogens is 412 g/mol. The van der Waals surface area contributed by atoms with Crippen LogP contribution in [0.4, 0.5) is 0 Å². The number of aryl methyl sites for hydroxylation is 1. The van der Waals surface area contributed by atoms with Crippen LogP contribution in [-0.2, 0) is 0 Å². The van der Waals surface area contributed by atoms with Gasteiger partial charge in [0.05, 0.1) is 29.4 Å². The quantitative estimate of drug-likeness (QED) is 0.381. The van der Waals surface area contributed by atoms with E-state index >= 15 is 0 Å². The maximum absolute atomic E-state index is 5.40. The van der Waals surface area contributed by atoms with Crippen LogP contribution in [0.5, 0.6) is 5.75 Å². The van der Waals surface area contributed by atoms with Crippen molar-refractivity contribution in [1.29, 1.82) is 0 Å². The van der Waals surface area contributed by atoms with Crippen LogP contribution in [0.15, 0.2) is 73.1 Å². The molecule has 0 atom stereocenters. The lowest BCUT2D eigenvalue weighted by Crippen LogP contribution is -1.90. The van der Waals surface area contributed by atoms with Crippen LogP contribution in [0.3, 0.4) is 0 Å². The summed E-state index contributed by atoms with van der Waals surface area (Å²) in [4.78, 5) is 17.5. The van der Waals surface area contributed by atoms with E-state index in [4.69, 9.17) is 14.7 Å². The number of aromatic nitrogens is 6. The Kier molecular flexibility index (Phi) is 4.40. The number of para-hydroxylation sites is 1. The van der Waals surface area contributed by atoms with Crippen molar-refractivity contribution in [3.8, 4) is 39.7 Å². The standard InChI is InChI=1S/C26H20N6O/c1-15-11-12-27-14-19(15)20-9-10-22-24(28-20)25(32-31-22)26-29-21-8-4-7-18(23(21)30-26)16-5-3-6-17(13-16)33-2/h3-14H,1-2H3,(H,29,30)(H,31,32). The first-order chi connectivity index (χ1) is 16.2. The second-order valence-corrected chi connectivity index (χ2v) is 7.87. The number of hydrogen-bond donors (Lipinski definition) is 2. The molecule has 0 spiro atoms. The largest absolute Gasteiger partial charge is 0.497 e. The van der Waals surface area contributed by atoms with Crippen molar-refractivity contribution in [2.75, 3.05) is 7.11 Å². The molecule has 4 aromatic heterocycles. The van der Waals surface area contributed by atoms with E-state index in [1.807, 2.05) is 54.7 Å². The maximum Gasteiger partial charge on any atom is 0.161 e. The molecular formula is C26H20N6O. The van der Waals surface area contributed by atoms with Gasteiger partial charge in [0.2, 0.25) is 0 Å². The molecule has 4 heterocycles. The average Bonchev–Trinajstić information content (AvgIpc) is 3.47. The number of imidazole rings is 1. The second kappa shape index (κ2) is 7.56. The van der Waals surface area contributed by atoms with Crippen LogP contribution in [0.2, 0.25) is 0 Å². The van der Waals surface area contributed by atoms with E-state index in [9.17, 15) is 0 Å². The molecule has 0 saturated heterocycles. The van der Waals surface area contributed by atoms with Gasteiger partial charge >= 0.3 is 0 Å². The summed E-state index contributed by atoms with van der Waals surface area (Å²) in [5.41, 5.74) is 9.12. The van der Waals surface area contributed by atoms with Gasteiger partial charge < -0.3 is 9.72 Å². The Morgan fingerprint density at radius 1 is 0.848 bits per heavy atom. The number of benzene rings is 2. The minimum absolute atomic E-state index is 0.666. The summed E-state index contributed by atoms with van der Waals surface area (Å²) >= 11 is 0. The molecule has 160 valence electrons. The average molecular weight is 432 g/mol. The van der Waals surface area contributed by atoms with E-state index in [0.717, 1.165) is 55.8 Å². The molecule has 0 saturated carbocycles. The predicted octanol–water partition coefficient (Wildman–Crippen LogP) is 5.55. The highest BCUT2D eigenvalue weighted by Crippen LogP contribution is 2.33. The van der Waals surface area contributed by atoms with Crippen molar-refractivity contribution in [2.45, 2.75) is 6.92 Å². The fourth-order valence-corrected chi connectivity index (χ4v) is 4.11. The van der Waals surface area contributed by atoms with Gasteiger partial charge in [0.15, 0.2) is 11.5 Å². The highest BCUT2D eigenvalue weighted by Gasteiger charge is 2.17. The number of rotatable bonds is 4. The molecule has 6 aromatic rings. The first kappa shape index (κ1) is 19.2. The van der Waals surface area contributed by atoms with Gasteiger partial charge in [0.1, 0.15) is 11.3 Å². The normalized spacial score (nSPS) is 11.3. The molecule has 0 aliphatic carbocycles. The summed E-state index contributed by atoms with van der Waals surface area (Å²) in [5.74, 6) is 1.47. The van der Waals surface area contributed by atoms with E-state index in [0.29, 0.717) is 11.5 Å². The van der Waals surface area contributed by atoms with Crippen LogP contribution in [0, 0.1) is 6.92 Å². The number of aromatic amines is 2. The van der Waals surface area contributed by atoms with E-state index in [1.165, 1.54) is 0 Å². The van der Waals surface area contributed by atoms with Crippen molar-refractivity contribution in [3.05, 3.63) is 78.6 Å². The van der Waals surface area contributed by atoms with Crippen LogP contribution < -0.4 is 4.74 Å². The number of hydrogen-bond acceptors (Lipinski definition) is 5. The van der Waals surface area contributed by atoms with E-state index < -0.39 is 0 Å². The molecule has 0 bridgehead atoms. The lowest BCUT2D eigenvalue weighted by molar-refractivity contribution is 0.415. The monoisotopic (exact) mass is 432 g/mol. The Hall–Kier alpha value is -4.52. The van der Waals surface area contributed by atoms with Crippen LogP contribution in [0.1, 0.15) is 5.56 Å². The zero-order valence-corrected chi connectivity index (χ0v) is 18.1. The molecule has 0 amide bonds. The molecule has 2 aromatic carbocycles. The minimum atomic E-state index is 0.666. The molecule has 6 rings (SSSR count). The maximum atomic E-state index is 5.40. The molecule has 7 nitrogen and oxygen atoms in total. The second-order valence-electron chi connectivity index (χ2n) is 7.87. The molecule has 0 radical (unpaired) electrons. The van der Waals surface area contributed by atoms with E-state index in [1.54, 1.807) is 13.3 Å². The first-order valence-electron chi connectivity index (χ1n) is 10.6. The zero-order chi connectivity index (χ0) is 22.4. The third-order valence-electron chi connectivity index (χ3n) is 5.84. The molecule has 0 aliphatic rings. The number of ether oxygens (including phenoxy) is 1. The van der Waals surface area contributed by atoms with Crippen molar-refractivity contribution in [1.82, 2.24) is 30.1 Å². The number of nitrogens with one attached hydrogen (secondary N) is 2. The van der Waals surface area contributed by atoms with Gasteiger partial charge in [-0.1, -0.05) is 24.3 Å². The molecule has 33 heavy (non-hydrogen) atoms. The minimum Gasteiger partial charge on any atom is -0.497 e. The highest BCUT2D eigenvalue weighted by atomic mass is 16.5. The van der Waals surface area contributed by atoms with Crippen molar-refractivity contribution in [2.24, 2.45) is 0 Å². The summed E-state index contributed by atoms with van der Waals surface area (Å²) < 4.78 is 5.40. The summed E-state index contributed by atoms with van der Waals surface area (Å²) in [5, 5.41) is 7.61. The van der Waals surface area contributed by atoms with Crippen molar-refractivity contribution in [3.63, 3.8) is 0 Å². The van der Waals surface area contributed by atoms with Crippen molar-refractivity contribution < 1.29 is 4.74 Å². The molecule has 7 heteroatoms. The Balaban J connectivity index is 1.50.